The van der Waals surface area contributed by atoms with Gasteiger partial charge in [0, 0.05) is 6.54 Å². The zero-order valence-electron chi connectivity index (χ0n) is 9.84. The van der Waals surface area contributed by atoms with E-state index in [9.17, 15) is 4.79 Å². The SMILES string of the molecule is CCCC[C@H](N)C(=O)NCC(C)(C)C#N. The average molecular weight is 211 g/mol. The number of hydrogen-bond acceptors (Lipinski definition) is 3. The quantitative estimate of drug-likeness (QED) is 0.692. The standard InChI is InChI=1S/C11H21N3O/c1-4-5-6-9(13)10(15)14-8-11(2,3)7-12/h9H,4-6,8,13H2,1-3H3,(H,14,15)/t9-/m0/s1. The van der Waals surface area contributed by atoms with Gasteiger partial charge in [-0.25, -0.2) is 0 Å². The Kier molecular flexibility index (Phi) is 5.95. The van der Waals surface area contributed by atoms with Crippen LogP contribution < -0.4 is 11.1 Å². The van der Waals surface area contributed by atoms with Gasteiger partial charge < -0.3 is 11.1 Å². The molecule has 0 aromatic heterocycles. The Labute approximate surface area is 91.8 Å². The van der Waals surface area contributed by atoms with Crippen molar-refractivity contribution in [2.24, 2.45) is 11.1 Å². The van der Waals surface area contributed by atoms with Gasteiger partial charge in [-0.2, -0.15) is 5.26 Å². The van der Waals surface area contributed by atoms with Crippen molar-refractivity contribution in [1.29, 1.82) is 5.26 Å². The Morgan fingerprint density at radius 2 is 2.20 bits per heavy atom. The summed E-state index contributed by atoms with van der Waals surface area (Å²) >= 11 is 0. The van der Waals surface area contributed by atoms with E-state index in [1.807, 2.05) is 0 Å². The Morgan fingerprint density at radius 3 is 2.67 bits per heavy atom. The van der Waals surface area contributed by atoms with Crippen LogP contribution in [0.5, 0.6) is 0 Å². The highest BCUT2D eigenvalue weighted by Crippen LogP contribution is 2.10. The number of rotatable bonds is 6. The van der Waals surface area contributed by atoms with E-state index in [0.717, 1.165) is 12.8 Å². The molecule has 1 amide bonds. The minimum Gasteiger partial charge on any atom is -0.353 e. The van der Waals surface area contributed by atoms with Crippen LogP contribution in [0.1, 0.15) is 40.0 Å². The maximum absolute atomic E-state index is 11.5. The summed E-state index contributed by atoms with van der Waals surface area (Å²) in [6, 6.07) is 1.68. The number of carbonyl (C=O) groups is 1. The molecule has 4 nitrogen and oxygen atoms in total. The minimum atomic E-state index is -0.528. The third kappa shape index (κ3) is 6.08. The van der Waals surface area contributed by atoms with Crippen molar-refractivity contribution in [1.82, 2.24) is 5.32 Å². The molecule has 4 heteroatoms. The Morgan fingerprint density at radius 1 is 1.60 bits per heavy atom. The fourth-order valence-corrected chi connectivity index (χ4v) is 1.03. The molecule has 0 heterocycles. The van der Waals surface area contributed by atoms with Crippen LogP contribution in [0.15, 0.2) is 0 Å². The van der Waals surface area contributed by atoms with Crippen LogP contribution in [0.4, 0.5) is 0 Å². The van der Waals surface area contributed by atoms with Gasteiger partial charge in [-0.15, -0.1) is 0 Å². The lowest BCUT2D eigenvalue weighted by atomic mass is 9.96. The van der Waals surface area contributed by atoms with Crippen molar-refractivity contribution in [2.75, 3.05) is 6.54 Å². The predicted molar refractivity (Wildman–Crippen MR) is 59.9 cm³/mol. The molecule has 0 unspecified atom stereocenters. The molecular formula is C11H21N3O. The summed E-state index contributed by atoms with van der Waals surface area (Å²) in [5.41, 5.74) is 5.15. The van der Waals surface area contributed by atoms with Crippen molar-refractivity contribution in [3.8, 4) is 6.07 Å². The third-order valence-corrected chi connectivity index (χ3v) is 2.21. The number of unbranched alkanes of at least 4 members (excludes halogenated alkanes) is 1. The van der Waals surface area contributed by atoms with Crippen LogP contribution in [-0.2, 0) is 4.79 Å². The lowest BCUT2D eigenvalue weighted by Gasteiger charge is -2.18. The molecule has 0 aliphatic heterocycles. The van der Waals surface area contributed by atoms with Crippen molar-refractivity contribution in [3.63, 3.8) is 0 Å². The molecule has 0 bridgehead atoms. The monoisotopic (exact) mass is 211 g/mol. The van der Waals surface area contributed by atoms with Crippen LogP contribution in [0, 0.1) is 16.7 Å². The molecule has 0 saturated heterocycles. The van der Waals surface area contributed by atoms with Crippen molar-refractivity contribution >= 4 is 5.91 Å². The zero-order chi connectivity index (χ0) is 11.9. The highest BCUT2D eigenvalue weighted by Gasteiger charge is 2.19. The molecule has 0 rings (SSSR count). The van der Waals surface area contributed by atoms with Gasteiger partial charge in [-0.3, -0.25) is 4.79 Å². The minimum absolute atomic E-state index is 0.160. The Hall–Kier alpha value is -1.08. The lowest BCUT2D eigenvalue weighted by Crippen LogP contribution is -2.43. The summed E-state index contributed by atoms with van der Waals surface area (Å²) in [4.78, 5) is 11.5. The van der Waals surface area contributed by atoms with Crippen molar-refractivity contribution in [3.05, 3.63) is 0 Å². The smallest absolute Gasteiger partial charge is 0.236 e. The first kappa shape index (κ1) is 13.9. The molecular weight excluding hydrogens is 190 g/mol. The van der Waals surface area contributed by atoms with Gasteiger partial charge in [0.25, 0.3) is 0 Å². The summed E-state index contributed by atoms with van der Waals surface area (Å²) in [7, 11) is 0. The van der Waals surface area contributed by atoms with Crippen LogP contribution in [-0.4, -0.2) is 18.5 Å². The Bertz CT molecular complexity index is 243. The summed E-state index contributed by atoms with van der Waals surface area (Å²) < 4.78 is 0. The van der Waals surface area contributed by atoms with Crippen molar-refractivity contribution in [2.45, 2.75) is 46.1 Å². The molecule has 0 radical (unpaired) electrons. The normalized spacial score (nSPS) is 13.0. The van der Waals surface area contributed by atoms with Gasteiger partial charge >= 0.3 is 0 Å². The molecule has 0 aliphatic rings. The first-order valence-corrected chi connectivity index (χ1v) is 5.37. The molecule has 1 atom stereocenters. The van der Waals surface area contributed by atoms with Gasteiger partial charge in [0.15, 0.2) is 0 Å². The highest BCUT2D eigenvalue weighted by atomic mass is 16.2. The van der Waals surface area contributed by atoms with Gasteiger partial charge in [0.05, 0.1) is 17.5 Å². The highest BCUT2D eigenvalue weighted by molar-refractivity contribution is 5.81. The number of hydrogen-bond donors (Lipinski definition) is 2. The summed E-state index contributed by atoms with van der Waals surface area (Å²) in [6.07, 6.45) is 2.69. The second-order valence-electron chi connectivity index (χ2n) is 4.46. The lowest BCUT2D eigenvalue weighted by molar-refractivity contribution is -0.122. The number of carbonyl (C=O) groups excluding carboxylic acids is 1. The van der Waals surface area contributed by atoms with Crippen LogP contribution in [0.25, 0.3) is 0 Å². The number of nitriles is 1. The fourth-order valence-electron chi connectivity index (χ4n) is 1.03. The summed E-state index contributed by atoms with van der Waals surface area (Å²) in [5, 5.41) is 11.5. The van der Waals surface area contributed by atoms with Crippen LogP contribution in [0.2, 0.25) is 0 Å². The van der Waals surface area contributed by atoms with E-state index in [1.165, 1.54) is 0 Å². The van der Waals surface area contributed by atoms with E-state index in [0.29, 0.717) is 13.0 Å². The average Bonchev–Trinajstić information content (AvgIpc) is 2.22. The summed E-state index contributed by atoms with van der Waals surface area (Å²) in [6.45, 7) is 5.97. The summed E-state index contributed by atoms with van der Waals surface area (Å²) in [5.74, 6) is -0.160. The van der Waals surface area contributed by atoms with E-state index in [4.69, 9.17) is 11.0 Å². The molecule has 0 fully saturated rings. The molecule has 15 heavy (non-hydrogen) atoms. The second kappa shape index (κ2) is 6.41. The largest absolute Gasteiger partial charge is 0.353 e. The van der Waals surface area contributed by atoms with Crippen molar-refractivity contribution < 1.29 is 4.79 Å². The van der Waals surface area contributed by atoms with Gasteiger partial charge in [0.1, 0.15) is 0 Å². The number of nitrogens with one attached hydrogen (secondary N) is 1. The molecule has 0 aromatic rings. The zero-order valence-corrected chi connectivity index (χ0v) is 9.84. The molecule has 0 saturated carbocycles. The van der Waals surface area contributed by atoms with Crippen LogP contribution >= 0.6 is 0 Å². The van der Waals surface area contributed by atoms with E-state index < -0.39 is 11.5 Å². The maximum atomic E-state index is 11.5. The maximum Gasteiger partial charge on any atom is 0.236 e. The molecule has 86 valence electrons. The van der Waals surface area contributed by atoms with E-state index in [2.05, 4.69) is 18.3 Å². The molecule has 0 aromatic carbocycles. The van der Waals surface area contributed by atoms with E-state index in [-0.39, 0.29) is 5.91 Å². The van der Waals surface area contributed by atoms with Gasteiger partial charge in [-0.05, 0) is 20.3 Å². The fraction of sp³-hybridized carbons (Fsp3) is 0.818. The number of nitrogens with two attached hydrogens (primary N) is 1. The van der Waals surface area contributed by atoms with Gasteiger partial charge in [-0.1, -0.05) is 19.8 Å². The number of amides is 1. The van der Waals surface area contributed by atoms with E-state index in [1.54, 1.807) is 13.8 Å². The number of nitrogens with zero attached hydrogens (tertiary/aromatic N) is 1. The molecule has 0 aliphatic carbocycles. The predicted octanol–water partition coefficient (Wildman–Crippen LogP) is 1.17. The second-order valence-corrected chi connectivity index (χ2v) is 4.46. The Balaban J connectivity index is 3.89. The first-order valence-electron chi connectivity index (χ1n) is 5.37. The van der Waals surface area contributed by atoms with Crippen LogP contribution in [0.3, 0.4) is 0 Å². The molecule has 3 N–H and O–H groups in total. The molecule has 0 spiro atoms. The topological polar surface area (TPSA) is 78.9 Å². The van der Waals surface area contributed by atoms with Gasteiger partial charge in [0.2, 0.25) is 5.91 Å². The van der Waals surface area contributed by atoms with E-state index >= 15 is 0 Å². The third-order valence-electron chi connectivity index (χ3n) is 2.21. The first-order chi connectivity index (χ1) is 6.93.